The minimum Gasteiger partial charge on any atom is -0.497 e. The second kappa shape index (κ2) is 3.81. The van der Waals surface area contributed by atoms with Crippen LogP contribution in [0.2, 0.25) is 0 Å². The predicted molar refractivity (Wildman–Crippen MR) is 60.8 cm³/mol. The normalized spacial score (nSPS) is 22.4. The van der Waals surface area contributed by atoms with E-state index in [0.29, 0.717) is 6.42 Å². The highest BCUT2D eigenvalue weighted by atomic mass is 16.5. The number of carbonyl (C=O) groups is 1. The maximum Gasteiger partial charge on any atom is 0.145 e. The highest BCUT2D eigenvalue weighted by molar-refractivity contribution is 5.91. The number of hydrogen-bond donors (Lipinski definition) is 0. The van der Waals surface area contributed by atoms with E-state index in [-0.39, 0.29) is 17.3 Å². The van der Waals surface area contributed by atoms with Crippen molar-refractivity contribution < 1.29 is 14.3 Å². The molecule has 1 unspecified atom stereocenters. The SMILES string of the molecule is COc1ccc(OC2CC(=O)C2(C)C)cc1. The third-order valence-corrected chi connectivity index (χ3v) is 3.23. The molecule has 0 aromatic heterocycles. The molecular formula is C13H16O3. The number of benzene rings is 1. The molecule has 1 aromatic rings. The Labute approximate surface area is 95.4 Å². The molecule has 3 nitrogen and oxygen atoms in total. The largest absolute Gasteiger partial charge is 0.497 e. The number of methoxy groups -OCH3 is 1. The third kappa shape index (κ3) is 1.77. The van der Waals surface area contributed by atoms with Gasteiger partial charge in [-0.25, -0.2) is 0 Å². The van der Waals surface area contributed by atoms with E-state index in [9.17, 15) is 4.79 Å². The lowest BCUT2D eigenvalue weighted by atomic mass is 9.68. The first-order chi connectivity index (χ1) is 7.54. The Balaban J connectivity index is 2.02. The lowest BCUT2D eigenvalue weighted by molar-refractivity contribution is -0.148. The van der Waals surface area contributed by atoms with Crippen molar-refractivity contribution in [1.82, 2.24) is 0 Å². The summed E-state index contributed by atoms with van der Waals surface area (Å²) in [5.74, 6) is 1.86. The van der Waals surface area contributed by atoms with Gasteiger partial charge in [0, 0.05) is 6.42 Å². The molecular weight excluding hydrogens is 204 g/mol. The number of ether oxygens (including phenoxy) is 2. The molecule has 0 radical (unpaired) electrons. The molecule has 0 heterocycles. The molecule has 0 saturated heterocycles. The molecule has 1 aliphatic carbocycles. The van der Waals surface area contributed by atoms with Gasteiger partial charge in [-0.05, 0) is 38.1 Å². The molecule has 3 heteroatoms. The summed E-state index contributed by atoms with van der Waals surface area (Å²) in [7, 11) is 1.63. The summed E-state index contributed by atoms with van der Waals surface area (Å²) in [6.07, 6.45) is 0.507. The van der Waals surface area contributed by atoms with Gasteiger partial charge in [0.1, 0.15) is 23.4 Å². The van der Waals surface area contributed by atoms with Gasteiger partial charge in [-0.1, -0.05) is 0 Å². The van der Waals surface area contributed by atoms with Crippen LogP contribution in [0.4, 0.5) is 0 Å². The smallest absolute Gasteiger partial charge is 0.145 e. The number of hydrogen-bond acceptors (Lipinski definition) is 3. The zero-order chi connectivity index (χ0) is 11.8. The molecule has 0 bridgehead atoms. The molecule has 16 heavy (non-hydrogen) atoms. The maximum atomic E-state index is 11.4. The van der Waals surface area contributed by atoms with E-state index in [1.165, 1.54) is 0 Å². The van der Waals surface area contributed by atoms with Crippen LogP contribution in [-0.2, 0) is 4.79 Å². The van der Waals surface area contributed by atoms with Gasteiger partial charge in [0.15, 0.2) is 0 Å². The van der Waals surface area contributed by atoms with Crippen LogP contribution >= 0.6 is 0 Å². The minimum atomic E-state index is -0.347. The second-order valence-corrected chi connectivity index (χ2v) is 4.63. The van der Waals surface area contributed by atoms with Gasteiger partial charge in [-0.15, -0.1) is 0 Å². The van der Waals surface area contributed by atoms with Gasteiger partial charge in [0.25, 0.3) is 0 Å². The molecule has 0 N–H and O–H groups in total. The summed E-state index contributed by atoms with van der Waals surface area (Å²) in [5.41, 5.74) is -0.347. The Kier molecular flexibility index (Phi) is 2.62. The molecule has 0 aliphatic heterocycles. The monoisotopic (exact) mass is 220 g/mol. The summed E-state index contributed by atoms with van der Waals surface area (Å²) in [6.45, 7) is 3.85. The van der Waals surface area contributed by atoms with E-state index in [4.69, 9.17) is 9.47 Å². The van der Waals surface area contributed by atoms with Gasteiger partial charge in [0.2, 0.25) is 0 Å². The lowest BCUT2D eigenvalue weighted by Crippen LogP contribution is -2.52. The van der Waals surface area contributed by atoms with Crippen LogP contribution in [0.3, 0.4) is 0 Å². The van der Waals surface area contributed by atoms with Crippen LogP contribution in [0.25, 0.3) is 0 Å². The highest BCUT2D eigenvalue weighted by Crippen LogP contribution is 2.39. The Morgan fingerprint density at radius 3 is 2.19 bits per heavy atom. The van der Waals surface area contributed by atoms with Gasteiger partial charge in [-0.3, -0.25) is 4.79 Å². The Morgan fingerprint density at radius 2 is 1.75 bits per heavy atom. The standard InChI is InChI=1S/C13H16O3/c1-13(2)11(14)8-12(13)16-10-6-4-9(15-3)5-7-10/h4-7,12H,8H2,1-3H3. The summed E-state index contributed by atoms with van der Waals surface area (Å²) >= 11 is 0. The van der Waals surface area contributed by atoms with Gasteiger partial charge in [-0.2, -0.15) is 0 Å². The van der Waals surface area contributed by atoms with Crippen LogP contribution < -0.4 is 9.47 Å². The summed E-state index contributed by atoms with van der Waals surface area (Å²) in [4.78, 5) is 11.4. The van der Waals surface area contributed by atoms with Crippen LogP contribution in [0.5, 0.6) is 11.5 Å². The second-order valence-electron chi connectivity index (χ2n) is 4.63. The van der Waals surface area contributed by atoms with Gasteiger partial charge in [0.05, 0.1) is 12.5 Å². The van der Waals surface area contributed by atoms with Crippen molar-refractivity contribution >= 4 is 5.78 Å². The van der Waals surface area contributed by atoms with Crippen molar-refractivity contribution in [2.45, 2.75) is 26.4 Å². The Morgan fingerprint density at radius 1 is 1.19 bits per heavy atom. The van der Waals surface area contributed by atoms with Gasteiger partial charge < -0.3 is 9.47 Å². The topological polar surface area (TPSA) is 35.5 Å². The molecule has 2 rings (SSSR count). The van der Waals surface area contributed by atoms with Crippen LogP contribution in [-0.4, -0.2) is 19.0 Å². The first-order valence-electron chi connectivity index (χ1n) is 5.38. The fourth-order valence-electron chi connectivity index (χ4n) is 1.74. The zero-order valence-corrected chi connectivity index (χ0v) is 9.82. The quantitative estimate of drug-likeness (QED) is 0.784. The van der Waals surface area contributed by atoms with E-state index >= 15 is 0 Å². The van der Waals surface area contributed by atoms with E-state index in [2.05, 4.69) is 0 Å². The van der Waals surface area contributed by atoms with Crippen LogP contribution in [0.1, 0.15) is 20.3 Å². The van der Waals surface area contributed by atoms with E-state index < -0.39 is 0 Å². The number of rotatable bonds is 3. The van der Waals surface area contributed by atoms with Crippen molar-refractivity contribution in [3.05, 3.63) is 24.3 Å². The zero-order valence-electron chi connectivity index (χ0n) is 9.82. The average molecular weight is 220 g/mol. The first kappa shape index (κ1) is 11.0. The predicted octanol–water partition coefficient (Wildman–Crippen LogP) is 2.44. The summed E-state index contributed by atoms with van der Waals surface area (Å²) in [5, 5.41) is 0. The Hall–Kier alpha value is -1.51. The van der Waals surface area contributed by atoms with Crippen LogP contribution in [0, 0.1) is 5.41 Å². The average Bonchev–Trinajstić information content (AvgIpc) is 2.29. The summed E-state index contributed by atoms with van der Waals surface area (Å²) < 4.78 is 10.8. The maximum absolute atomic E-state index is 11.4. The van der Waals surface area contributed by atoms with Crippen molar-refractivity contribution in [2.24, 2.45) is 5.41 Å². The fraction of sp³-hybridized carbons (Fsp3) is 0.462. The molecule has 1 fully saturated rings. The number of ketones is 1. The van der Waals surface area contributed by atoms with E-state index in [0.717, 1.165) is 11.5 Å². The minimum absolute atomic E-state index is 0.00612. The highest BCUT2D eigenvalue weighted by Gasteiger charge is 2.49. The number of Topliss-reactive ketones (excluding diaryl/α,β-unsaturated/α-hetero) is 1. The Bertz CT molecular complexity index is 392. The molecule has 1 saturated carbocycles. The molecule has 1 aromatic carbocycles. The molecule has 1 aliphatic rings. The van der Waals surface area contributed by atoms with Crippen molar-refractivity contribution in [3.8, 4) is 11.5 Å². The van der Waals surface area contributed by atoms with Crippen molar-refractivity contribution in [2.75, 3.05) is 7.11 Å². The summed E-state index contributed by atoms with van der Waals surface area (Å²) in [6, 6.07) is 7.42. The van der Waals surface area contributed by atoms with Crippen LogP contribution in [0.15, 0.2) is 24.3 Å². The fourth-order valence-corrected chi connectivity index (χ4v) is 1.74. The molecule has 0 amide bonds. The third-order valence-electron chi connectivity index (χ3n) is 3.23. The van der Waals surface area contributed by atoms with Gasteiger partial charge >= 0.3 is 0 Å². The lowest BCUT2D eigenvalue weighted by Gasteiger charge is -2.41. The van der Waals surface area contributed by atoms with Crippen molar-refractivity contribution in [3.63, 3.8) is 0 Å². The number of carbonyl (C=O) groups excluding carboxylic acids is 1. The first-order valence-corrected chi connectivity index (χ1v) is 5.38. The molecule has 1 atom stereocenters. The molecule has 0 spiro atoms. The van der Waals surface area contributed by atoms with E-state index in [1.54, 1.807) is 7.11 Å². The van der Waals surface area contributed by atoms with Crippen molar-refractivity contribution in [1.29, 1.82) is 0 Å². The van der Waals surface area contributed by atoms with E-state index in [1.807, 2.05) is 38.1 Å². The molecule has 86 valence electrons.